The summed E-state index contributed by atoms with van der Waals surface area (Å²) in [4.78, 5) is 2.94. The van der Waals surface area contributed by atoms with E-state index in [0.717, 1.165) is 17.0 Å². The van der Waals surface area contributed by atoms with Gasteiger partial charge in [-0.05, 0) is 42.5 Å². The van der Waals surface area contributed by atoms with Crippen LogP contribution in [0.1, 0.15) is 5.56 Å². The Morgan fingerprint density at radius 2 is 0.878 bits per heavy atom. The first-order valence-electron chi connectivity index (χ1n) is 12.2. The summed E-state index contributed by atoms with van der Waals surface area (Å²) in [6.45, 7) is 0. The monoisotopic (exact) mass is 568 g/mol. The molecule has 0 bridgehead atoms. The molecule has 1 aliphatic heterocycles. The van der Waals surface area contributed by atoms with Crippen LogP contribution in [0.2, 0.25) is 0 Å². The molecule has 0 atom stereocenters. The van der Waals surface area contributed by atoms with Crippen LogP contribution in [0, 0.1) is 29.1 Å². The molecule has 206 valence electrons. The number of alkyl halides is 3. The van der Waals surface area contributed by atoms with E-state index in [2.05, 4.69) is 0 Å². The van der Waals surface area contributed by atoms with Crippen LogP contribution in [0.25, 0.3) is 11.1 Å². The van der Waals surface area contributed by atoms with Gasteiger partial charge in [0, 0.05) is 11.3 Å². The predicted octanol–water partition coefficient (Wildman–Crippen LogP) is 10.3. The summed E-state index contributed by atoms with van der Waals surface area (Å²) in [7, 11) is 0. The van der Waals surface area contributed by atoms with E-state index in [0.29, 0.717) is 23.1 Å². The van der Waals surface area contributed by atoms with Gasteiger partial charge in [0.25, 0.3) is 0 Å². The van der Waals surface area contributed by atoms with E-state index in [9.17, 15) is 26.3 Å². The van der Waals surface area contributed by atoms with Gasteiger partial charge < -0.3 is 9.80 Å². The van der Waals surface area contributed by atoms with Gasteiger partial charge in [0.2, 0.25) is 5.82 Å². The van der Waals surface area contributed by atoms with Crippen LogP contribution in [-0.4, -0.2) is 0 Å². The number of benzene rings is 5. The Kier molecular flexibility index (Phi) is 6.21. The van der Waals surface area contributed by atoms with Crippen molar-refractivity contribution in [2.75, 3.05) is 9.80 Å². The van der Waals surface area contributed by atoms with Gasteiger partial charge in [-0.3, -0.25) is 0 Å². The topological polar surface area (TPSA) is 6.48 Å². The molecule has 2 nitrogen and oxygen atoms in total. The lowest BCUT2D eigenvalue weighted by molar-refractivity contribution is -0.137. The summed E-state index contributed by atoms with van der Waals surface area (Å²) in [5.74, 6) is -11.4. The third-order valence-electron chi connectivity index (χ3n) is 6.79. The molecule has 0 spiro atoms. The molecular formula is C31H16F8N2. The molecule has 41 heavy (non-hydrogen) atoms. The van der Waals surface area contributed by atoms with E-state index in [-0.39, 0.29) is 11.4 Å². The number of para-hydroxylation sites is 6. The minimum absolute atomic E-state index is 0.178. The molecule has 6 rings (SSSR count). The second-order valence-corrected chi connectivity index (χ2v) is 9.13. The minimum Gasteiger partial charge on any atom is -0.306 e. The summed E-state index contributed by atoms with van der Waals surface area (Å²) >= 11 is 0. The maximum absolute atomic E-state index is 15.1. The van der Waals surface area contributed by atoms with Gasteiger partial charge in [0.05, 0.1) is 39.6 Å². The molecule has 0 aromatic heterocycles. The summed E-state index contributed by atoms with van der Waals surface area (Å²) in [6, 6.07) is 24.2. The fraction of sp³-hybridized carbons (Fsp3) is 0.0323. The van der Waals surface area contributed by atoms with E-state index in [1.807, 2.05) is 0 Å². The first-order chi connectivity index (χ1) is 19.6. The first-order valence-corrected chi connectivity index (χ1v) is 12.2. The molecule has 0 amide bonds. The van der Waals surface area contributed by atoms with Crippen molar-refractivity contribution < 1.29 is 35.1 Å². The highest BCUT2D eigenvalue weighted by molar-refractivity contribution is 6.04. The van der Waals surface area contributed by atoms with Crippen LogP contribution in [0.5, 0.6) is 0 Å². The van der Waals surface area contributed by atoms with E-state index < -0.39 is 57.6 Å². The fourth-order valence-electron chi connectivity index (χ4n) is 5.10. The van der Waals surface area contributed by atoms with Crippen LogP contribution < -0.4 is 9.80 Å². The summed E-state index contributed by atoms with van der Waals surface area (Å²) < 4.78 is 117. The largest absolute Gasteiger partial charge is 0.418 e. The maximum atomic E-state index is 15.1. The summed E-state index contributed by atoms with van der Waals surface area (Å²) in [5, 5.41) is 0. The molecular weight excluding hydrogens is 552 g/mol. The standard InChI is InChI=1S/C31H16F8N2/c32-25-24(26(33)28(35)29(36)27(25)34)18-11-8-12-19(31(37,38)39)30(18)41-22-15-6-4-13-20(22)40(17-9-2-1-3-10-17)21-14-5-7-16-23(21)41/h1-16H. The van der Waals surface area contributed by atoms with Crippen molar-refractivity contribution in [3.05, 3.63) is 132 Å². The zero-order chi connectivity index (χ0) is 29.1. The lowest BCUT2D eigenvalue weighted by Crippen LogP contribution is -2.26. The molecule has 5 aromatic carbocycles. The Morgan fingerprint density at radius 1 is 0.439 bits per heavy atom. The van der Waals surface area contributed by atoms with Crippen molar-refractivity contribution in [1.29, 1.82) is 0 Å². The molecule has 1 aliphatic rings. The SMILES string of the molecule is Fc1c(F)c(F)c(-c2cccc(C(F)(F)F)c2N2c3ccccc3N(c3ccccc3)c3ccccc32)c(F)c1F. The van der Waals surface area contributed by atoms with Crippen molar-refractivity contribution in [3.8, 4) is 11.1 Å². The lowest BCUT2D eigenvalue weighted by atomic mass is 9.95. The van der Waals surface area contributed by atoms with E-state index in [1.165, 1.54) is 12.1 Å². The van der Waals surface area contributed by atoms with Crippen LogP contribution in [0.15, 0.2) is 97.1 Å². The highest BCUT2D eigenvalue weighted by Gasteiger charge is 2.41. The number of rotatable bonds is 3. The number of hydrogen-bond donors (Lipinski definition) is 0. The zero-order valence-electron chi connectivity index (χ0n) is 20.7. The summed E-state index contributed by atoms with van der Waals surface area (Å²) in [6.07, 6.45) is -5.07. The molecule has 0 N–H and O–H groups in total. The van der Waals surface area contributed by atoms with Crippen molar-refractivity contribution in [2.24, 2.45) is 0 Å². The van der Waals surface area contributed by atoms with Gasteiger partial charge in [0.1, 0.15) is 0 Å². The molecule has 0 aliphatic carbocycles. The van der Waals surface area contributed by atoms with Crippen molar-refractivity contribution in [2.45, 2.75) is 6.18 Å². The van der Waals surface area contributed by atoms with Gasteiger partial charge in [0.15, 0.2) is 23.3 Å². The third-order valence-corrected chi connectivity index (χ3v) is 6.79. The Morgan fingerprint density at radius 3 is 1.37 bits per heavy atom. The Balaban J connectivity index is 1.74. The van der Waals surface area contributed by atoms with Gasteiger partial charge in [-0.25, -0.2) is 22.0 Å². The van der Waals surface area contributed by atoms with E-state index in [4.69, 9.17) is 0 Å². The van der Waals surface area contributed by atoms with E-state index >= 15 is 8.78 Å². The van der Waals surface area contributed by atoms with Gasteiger partial charge in [-0.2, -0.15) is 13.2 Å². The number of fused-ring (bicyclic) bond motifs is 2. The highest BCUT2D eigenvalue weighted by atomic mass is 19.4. The second-order valence-electron chi connectivity index (χ2n) is 9.13. The smallest absolute Gasteiger partial charge is 0.306 e. The van der Waals surface area contributed by atoms with Crippen LogP contribution >= 0.6 is 0 Å². The normalized spacial score (nSPS) is 12.8. The Labute approximate surface area is 228 Å². The Bertz CT molecular complexity index is 1720. The number of hydrogen-bond acceptors (Lipinski definition) is 2. The highest BCUT2D eigenvalue weighted by Crippen LogP contribution is 2.57. The molecule has 0 saturated heterocycles. The molecule has 10 heteroatoms. The molecule has 0 radical (unpaired) electrons. The molecule has 0 unspecified atom stereocenters. The first kappa shape index (κ1) is 26.4. The number of nitrogens with zero attached hydrogens (tertiary/aromatic N) is 2. The van der Waals surface area contributed by atoms with Crippen molar-refractivity contribution >= 4 is 34.1 Å². The Hall–Kier alpha value is -4.86. The molecule has 0 saturated carbocycles. The average molecular weight is 568 g/mol. The van der Waals surface area contributed by atoms with Crippen molar-refractivity contribution in [3.63, 3.8) is 0 Å². The van der Waals surface area contributed by atoms with Crippen molar-refractivity contribution in [1.82, 2.24) is 0 Å². The number of halogens is 8. The van der Waals surface area contributed by atoms with Gasteiger partial charge in [-0.15, -0.1) is 0 Å². The molecule has 1 heterocycles. The second kappa shape index (κ2) is 9.65. The number of anilines is 6. The molecule has 5 aromatic rings. The quantitative estimate of drug-likeness (QED) is 0.119. The van der Waals surface area contributed by atoms with Gasteiger partial charge >= 0.3 is 6.18 Å². The lowest BCUT2D eigenvalue weighted by Gasteiger charge is -2.41. The van der Waals surface area contributed by atoms with Crippen LogP contribution in [-0.2, 0) is 6.18 Å². The molecule has 0 fully saturated rings. The predicted molar refractivity (Wildman–Crippen MR) is 140 cm³/mol. The van der Waals surface area contributed by atoms with Crippen LogP contribution in [0.4, 0.5) is 69.2 Å². The van der Waals surface area contributed by atoms with Crippen LogP contribution in [0.3, 0.4) is 0 Å². The third kappa shape index (κ3) is 4.09. The summed E-state index contributed by atoms with van der Waals surface area (Å²) in [5.41, 5.74) is -2.57. The zero-order valence-corrected chi connectivity index (χ0v) is 20.7. The maximum Gasteiger partial charge on any atom is 0.418 e. The minimum atomic E-state index is -5.07. The fourth-order valence-corrected chi connectivity index (χ4v) is 5.10. The van der Waals surface area contributed by atoms with Gasteiger partial charge in [-0.1, -0.05) is 54.6 Å². The average Bonchev–Trinajstić information content (AvgIpc) is 2.98. The van der Waals surface area contributed by atoms with E-state index in [1.54, 1.807) is 71.6 Å².